The van der Waals surface area contributed by atoms with Crippen LogP contribution in [0.2, 0.25) is 5.02 Å². The number of rotatable bonds is 7. The maximum absolute atomic E-state index is 12.0. The second-order valence-corrected chi connectivity index (χ2v) is 4.83. The van der Waals surface area contributed by atoms with Crippen LogP contribution in [0.5, 0.6) is 0 Å². The van der Waals surface area contributed by atoms with Gasteiger partial charge in [-0.25, -0.2) is 0 Å². The molecule has 0 bridgehead atoms. The number of nitrogens with one attached hydrogen (secondary N) is 2. The van der Waals surface area contributed by atoms with E-state index >= 15 is 0 Å². The Kier molecular flexibility index (Phi) is 9.76. The van der Waals surface area contributed by atoms with Crippen molar-refractivity contribution in [3.05, 3.63) is 28.8 Å². The van der Waals surface area contributed by atoms with Crippen LogP contribution < -0.4 is 16.4 Å². The Bertz CT molecular complexity index is 508. The number of anilines is 1. The molecule has 1 aromatic carbocycles. The highest BCUT2D eigenvalue weighted by Crippen LogP contribution is 2.21. The lowest BCUT2D eigenvalue weighted by atomic mass is 10.1. The van der Waals surface area contributed by atoms with Crippen molar-refractivity contribution in [1.82, 2.24) is 5.32 Å². The second-order valence-electron chi connectivity index (χ2n) is 4.40. The third-order valence-electron chi connectivity index (χ3n) is 2.85. The van der Waals surface area contributed by atoms with E-state index in [1.165, 1.54) is 13.2 Å². The van der Waals surface area contributed by atoms with E-state index in [4.69, 9.17) is 22.1 Å². The lowest BCUT2D eigenvalue weighted by Crippen LogP contribution is -2.29. The number of amides is 2. The molecule has 0 aliphatic rings. The van der Waals surface area contributed by atoms with Crippen molar-refractivity contribution >= 4 is 41.5 Å². The van der Waals surface area contributed by atoms with E-state index in [2.05, 4.69) is 10.6 Å². The quantitative estimate of drug-likeness (QED) is 0.699. The Labute approximate surface area is 141 Å². The topological polar surface area (TPSA) is 93.5 Å². The lowest BCUT2D eigenvalue weighted by molar-refractivity contribution is -0.118. The van der Waals surface area contributed by atoms with Crippen LogP contribution in [0.1, 0.15) is 23.7 Å². The molecule has 0 aromatic heterocycles. The molecule has 1 rings (SSSR count). The molecule has 1 aromatic rings. The standard InChI is InChI=1S/C14H20ClN3O3.ClH/c1-3-17-14(20)11-5-4-9(15)6-12(11)18-13(19)7-10(8-16)21-2;/h4-6,10H,3,7-8,16H2,1-2H3,(H,17,20)(H,18,19);1H. The van der Waals surface area contributed by atoms with Crippen LogP contribution in [0, 0.1) is 0 Å². The van der Waals surface area contributed by atoms with Crippen LogP contribution >= 0.6 is 24.0 Å². The molecule has 1 unspecified atom stereocenters. The van der Waals surface area contributed by atoms with Gasteiger partial charge in [-0.15, -0.1) is 12.4 Å². The van der Waals surface area contributed by atoms with Crippen molar-refractivity contribution in [3.63, 3.8) is 0 Å². The molecule has 0 aliphatic heterocycles. The first-order valence-corrected chi connectivity index (χ1v) is 7.00. The van der Waals surface area contributed by atoms with E-state index in [0.29, 0.717) is 22.8 Å². The molecule has 124 valence electrons. The molecule has 0 fully saturated rings. The normalized spacial score (nSPS) is 11.3. The molecular weight excluding hydrogens is 329 g/mol. The number of hydrogen-bond acceptors (Lipinski definition) is 4. The summed E-state index contributed by atoms with van der Waals surface area (Å²) in [5, 5.41) is 5.78. The molecular formula is C14H21Cl2N3O3. The fraction of sp³-hybridized carbons (Fsp3) is 0.429. The van der Waals surface area contributed by atoms with Gasteiger partial charge in [-0.05, 0) is 25.1 Å². The van der Waals surface area contributed by atoms with Crippen molar-refractivity contribution in [2.45, 2.75) is 19.4 Å². The zero-order chi connectivity index (χ0) is 15.8. The van der Waals surface area contributed by atoms with Crippen LogP contribution in [0.15, 0.2) is 18.2 Å². The number of methoxy groups -OCH3 is 1. The zero-order valence-corrected chi connectivity index (χ0v) is 14.1. The van der Waals surface area contributed by atoms with Crippen LogP contribution in [0.4, 0.5) is 5.69 Å². The van der Waals surface area contributed by atoms with E-state index < -0.39 is 0 Å². The van der Waals surface area contributed by atoms with Crippen LogP contribution in [0.3, 0.4) is 0 Å². The Balaban J connectivity index is 0.00000441. The summed E-state index contributed by atoms with van der Waals surface area (Å²) < 4.78 is 5.06. The average Bonchev–Trinajstić information content (AvgIpc) is 2.45. The number of benzene rings is 1. The molecule has 1 atom stereocenters. The van der Waals surface area contributed by atoms with Crippen LogP contribution in [0.25, 0.3) is 0 Å². The number of nitrogens with two attached hydrogens (primary N) is 1. The molecule has 0 heterocycles. The summed E-state index contributed by atoms with van der Waals surface area (Å²) in [7, 11) is 1.49. The van der Waals surface area contributed by atoms with E-state index in [-0.39, 0.29) is 43.3 Å². The maximum atomic E-state index is 12.0. The third-order valence-corrected chi connectivity index (χ3v) is 3.08. The highest BCUT2D eigenvalue weighted by molar-refractivity contribution is 6.31. The van der Waals surface area contributed by atoms with Gasteiger partial charge in [-0.1, -0.05) is 11.6 Å². The predicted octanol–water partition coefficient (Wildman–Crippen LogP) is 1.81. The molecule has 4 N–H and O–H groups in total. The van der Waals surface area contributed by atoms with Gasteiger partial charge < -0.3 is 21.1 Å². The largest absolute Gasteiger partial charge is 0.380 e. The molecule has 0 saturated heterocycles. The summed E-state index contributed by atoms with van der Waals surface area (Å²) >= 11 is 5.91. The summed E-state index contributed by atoms with van der Waals surface area (Å²) in [6, 6.07) is 4.70. The Morgan fingerprint density at radius 1 is 1.41 bits per heavy atom. The summed E-state index contributed by atoms with van der Waals surface area (Å²) in [4.78, 5) is 23.9. The second kappa shape index (κ2) is 10.4. The first-order chi connectivity index (χ1) is 10.0. The van der Waals surface area contributed by atoms with Crippen molar-refractivity contribution in [3.8, 4) is 0 Å². The SMILES string of the molecule is CCNC(=O)c1ccc(Cl)cc1NC(=O)CC(CN)OC.Cl. The Morgan fingerprint density at radius 3 is 2.64 bits per heavy atom. The molecule has 6 nitrogen and oxygen atoms in total. The minimum atomic E-state index is -0.364. The minimum Gasteiger partial charge on any atom is -0.380 e. The average molecular weight is 350 g/mol. The van der Waals surface area contributed by atoms with E-state index in [0.717, 1.165) is 0 Å². The molecule has 2 amide bonds. The number of halogens is 2. The minimum absolute atomic E-state index is 0. The maximum Gasteiger partial charge on any atom is 0.253 e. The fourth-order valence-corrected chi connectivity index (χ4v) is 1.92. The Morgan fingerprint density at radius 2 is 2.09 bits per heavy atom. The summed E-state index contributed by atoms with van der Waals surface area (Å²) in [6.45, 7) is 2.55. The van der Waals surface area contributed by atoms with Crippen molar-refractivity contribution < 1.29 is 14.3 Å². The first kappa shape index (κ1) is 20.7. The van der Waals surface area contributed by atoms with Crippen LogP contribution in [-0.2, 0) is 9.53 Å². The van der Waals surface area contributed by atoms with E-state index in [1.54, 1.807) is 12.1 Å². The van der Waals surface area contributed by atoms with Gasteiger partial charge in [-0.3, -0.25) is 9.59 Å². The number of hydrogen-bond donors (Lipinski definition) is 3. The number of carbonyl (C=O) groups is 2. The molecule has 0 spiro atoms. The van der Waals surface area contributed by atoms with Gasteiger partial charge in [0.1, 0.15) is 0 Å². The van der Waals surface area contributed by atoms with Crippen LogP contribution in [-0.4, -0.2) is 38.1 Å². The third kappa shape index (κ3) is 6.19. The summed E-state index contributed by atoms with van der Waals surface area (Å²) in [5.41, 5.74) is 6.20. The predicted molar refractivity (Wildman–Crippen MR) is 89.8 cm³/mol. The zero-order valence-electron chi connectivity index (χ0n) is 12.5. The first-order valence-electron chi connectivity index (χ1n) is 6.62. The van der Waals surface area contributed by atoms with Crippen molar-refractivity contribution in [1.29, 1.82) is 0 Å². The van der Waals surface area contributed by atoms with Gasteiger partial charge in [0.15, 0.2) is 0 Å². The summed E-state index contributed by atoms with van der Waals surface area (Å²) in [6.07, 6.45) is -0.258. The van der Waals surface area contributed by atoms with E-state index in [9.17, 15) is 9.59 Å². The highest BCUT2D eigenvalue weighted by atomic mass is 35.5. The van der Waals surface area contributed by atoms with Gasteiger partial charge in [0, 0.05) is 25.2 Å². The van der Waals surface area contributed by atoms with Crippen molar-refractivity contribution in [2.75, 3.05) is 25.5 Å². The van der Waals surface area contributed by atoms with Gasteiger partial charge in [-0.2, -0.15) is 0 Å². The van der Waals surface area contributed by atoms with Gasteiger partial charge in [0.2, 0.25) is 5.91 Å². The van der Waals surface area contributed by atoms with Gasteiger partial charge in [0.25, 0.3) is 5.91 Å². The molecule has 8 heteroatoms. The number of ether oxygens (including phenoxy) is 1. The Hall–Kier alpha value is -1.34. The smallest absolute Gasteiger partial charge is 0.253 e. The molecule has 22 heavy (non-hydrogen) atoms. The number of carbonyl (C=O) groups excluding carboxylic acids is 2. The molecule has 0 radical (unpaired) electrons. The van der Waals surface area contributed by atoms with Crippen molar-refractivity contribution in [2.24, 2.45) is 5.73 Å². The summed E-state index contributed by atoms with van der Waals surface area (Å²) in [5.74, 6) is -0.563. The van der Waals surface area contributed by atoms with Gasteiger partial charge >= 0.3 is 0 Å². The monoisotopic (exact) mass is 349 g/mol. The van der Waals surface area contributed by atoms with E-state index in [1.807, 2.05) is 6.92 Å². The lowest BCUT2D eigenvalue weighted by Gasteiger charge is -2.14. The molecule has 0 aliphatic carbocycles. The highest BCUT2D eigenvalue weighted by Gasteiger charge is 2.16. The molecule has 0 saturated carbocycles. The fourth-order valence-electron chi connectivity index (χ4n) is 1.74. The van der Waals surface area contributed by atoms with Gasteiger partial charge in [0.05, 0.1) is 23.8 Å².